The SMILES string of the molecule is CN(CCc1ccccn1)S(=O)(=O)c1cnc[nH]1. The van der Waals surface area contributed by atoms with Gasteiger partial charge in [-0.3, -0.25) is 4.98 Å². The van der Waals surface area contributed by atoms with Gasteiger partial charge in [-0.05, 0) is 12.1 Å². The fourth-order valence-electron chi connectivity index (χ4n) is 1.49. The Bertz CT molecular complexity index is 581. The Morgan fingerprint density at radius 2 is 2.22 bits per heavy atom. The molecule has 0 bridgehead atoms. The maximum atomic E-state index is 12.0. The van der Waals surface area contributed by atoms with E-state index in [0.29, 0.717) is 13.0 Å². The minimum absolute atomic E-state index is 0.103. The monoisotopic (exact) mass is 266 g/mol. The number of pyridine rings is 1. The minimum atomic E-state index is -3.48. The third-order valence-corrected chi connectivity index (χ3v) is 4.35. The molecule has 0 fully saturated rings. The fourth-order valence-corrected chi connectivity index (χ4v) is 2.55. The predicted molar refractivity (Wildman–Crippen MR) is 66.3 cm³/mol. The van der Waals surface area contributed by atoms with E-state index in [0.717, 1.165) is 5.69 Å². The zero-order chi connectivity index (χ0) is 13.0. The van der Waals surface area contributed by atoms with E-state index in [1.54, 1.807) is 13.2 Å². The lowest BCUT2D eigenvalue weighted by Crippen LogP contribution is -2.29. The first kappa shape index (κ1) is 12.7. The van der Waals surface area contributed by atoms with Crippen molar-refractivity contribution in [2.24, 2.45) is 0 Å². The van der Waals surface area contributed by atoms with Crippen LogP contribution < -0.4 is 0 Å². The lowest BCUT2D eigenvalue weighted by Gasteiger charge is -2.15. The quantitative estimate of drug-likeness (QED) is 0.862. The first-order chi connectivity index (χ1) is 8.60. The molecular weight excluding hydrogens is 252 g/mol. The van der Waals surface area contributed by atoms with E-state index in [1.807, 2.05) is 18.2 Å². The topological polar surface area (TPSA) is 79.0 Å². The summed E-state index contributed by atoms with van der Waals surface area (Å²) in [4.78, 5) is 10.5. The minimum Gasteiger partial charge on any atom is -0.335 e. The largest absolute Gasteiger partial charge is 0.335 e. The average Bonchev–Trinajstić information content (AvgIpc) is 2.91. The normalized spacial score (nSPS) is 11.9. The molecule has 96 valence electrons. The lowest BCUT2D eigenvalue weighted by molar-refractivity contribution is 0.468. The third kappa shape index (κ3) is 2.74. The van der Waals surface area contributed by atoms with Gasteiger partial charge in [-0.1, -0.05) is 6.07 Å². The van der Waals surface area contributed by atoms with Crippen LogP contribution in [0.5, 0.6) is 0 Å². The average molecular weight is 266 g/mol. The molecule has 6 nitrogen and oxygen atoms in total. The molecule has 7 heteroatoms. The summed E-state index contributed by atoms with van der Waals surface area (Å²) in [5, 5.41) is 0.103. The van der Waals surface area contributed by atoms with Crippen molar-refractivity contribution in [1.82, 2.24) is 19.3 Å². The van der Waals surface area contributed by atoms with Crippen molar-refractivity contribution in [2.45, 2.75) is 11.4 Å². The molecule has 0 aromatic carbocycles. The number of aromatic nitrogens is 3. The molecule has 2 aromatic heterocycles. The van der Waals surface area contributed by atoms with Crippen molar-refractivity contribution in [3.63, 3.8) is 0 Å². The predicted octanol–water partition coefficient (Wildman–Crippen LogP) is 0.668. The first-order valence-corrected chi connectivity index (χ1v) is 6.89. The van der Waals surface area contributed by atoms with Crippen LogP contribution in [-0.2, 0) is 16.4 Å². The van der Waals surface area contributed by atoms with Crippen molar-refractivity contribution in [1.29, 1.82) is 0 Å². The number of aromatic amines is 1. The molecule has 18 heavy (non-hydrogen) atoms. The Hall–Kier alpha value is -1.73. The Labute approximate surface area is 106 Å². The number of sulfonamides is 1. The summed E-state index contributed by atoms with van der Waals surface area (Å²) in [6.07, 6.45) is 4.91. The highest BCUT2D eigenvalue weighted by molar-refractivity contribution is 7.89. The van der Waals surface area contributed by atoms with E-state index in [2.05, 4.69) is 15.0 Å². The number of H-pyrrole nitrogens is 1. The molecule has 0 radical (unpaired) electrons. The number of rotatable bonds is 5. The summed E-state index contributed by atoms with van der Waals surface area (Å²) in [6.45, 7) is 0.373. The standard InChI is InChI=1S/C11H14N4O2S/c1-15(7-5-10-4-2-3-6-13-10)18(16,17)11-8-12-9-14-11/h2-4,6,8-9H,5,7H2,1H3,(H,12,14). The van der Waals surface area contributed by atoms with Gasteiger partial charge >= 0.3 is 0 Å². The van der Waals surface area contributed by atoms with E-state index in [-0.39, 0.29) is 5.03 Å². The maximum absolute atomic E-state index is 12.0. The molecule has 0 aliphatic rings. The summed E-state index contributed by atoms with van der Waals surface area (Å²) in [7, 11) is -1.94. The second-order valence-electron chi connectivity index (χ2n) is 3.81. The van der Waals surface area contributed by atoms with Crippen LogP contribution in [0.3, 0.4) is 0 Å². The Kier molecular flexibility index (Phi) is 3.73. The van der Waals surface area contributed by atoms with Gasteiger partial charge in [-0.15, -0.1) is 0 Å². The molecule has 0 atom stereocenters. The Morgan fingerprint density at radius 1 is 1.39 bits per heavy atom. The molecule has 2 heterocycles. The van der Waals surface area contributed by atoms with Gasteiger partial charge in [0.05, 0.1) is 12.5 Å². The third-order valence-electron chi connectivity index (χ3n) is 2.57. The summed E-state index contributed by atoms with van der Waals surface area (Å²) >= 11 is 0. The molecule has 0 amide bonds. The number of hydrogen-bond donors (Lipinski definition) is 1. The van der Waals surface area contributed by atoms with Gasteiger partial charge in [0, 0.05) is 31.9 Å². The van der Waals surface area contributed by atoms with Crippen molar-refractivity contribution in [3.8, 4) is 0 Å². The molecule has 0 spiro atoms. The van der Waals surface area contributed by atoms with Gasteiger partial charge in [-0.2, -0.15) is 4.31 Å². The van der Waals surface area contributed by atoms with Crippen molar-refractivity contribution in [3.05, 3.63) is 42.6 Å². The van der Waals surface area contributed by atoms with Crippen LogP contribution in [-0.4, -0.2) is 41.3 Å². The first-order valence-electron chi connectivity index (χ1n) is 5.45. The second kappa shape index (κ2) is 5.28. The van der Waals surface area contributed by atoms with Crippen LogP contribution >= 0.6 is 0 Å². The van der Waals surface area contributed by atoms with Crippen LogP contribution in [0.2, 0.25) is 0 Å². The number of nitrogens with one attached hydrogen (secondary N) is 1. The molecule has 0 unspecified atom stereocenters. The molecule has 0 saturated carbocycles. The number of nitrogens with zero attached hydrogens (tertiary/aromatic N) is 3. The summed E-state index contributed by atoms with van der Waals surface area (Å²) in [6, 6.07) is 5.58. The molecule has 0 aliphatic heterocycles. The zero-order valence-corrected chi connectivity index (χ0v) is 10.8. The van der Waals surface area contributed by atoms with E-state index in [4.69, 9.17) is 0 Å². The zero-order valence-electron chi connectivity index (χ0n) is 9.94. The van der Waals surface area contributed by atoms with Crippen LogP contribution in [0, 0.1) is 0 Å². The lowest BCUT2D eigenvalue weighted by atomic mass is 10.3. The van der Waals surface area contributed by atoms with Crippen LogP contribution in [0.25, 0.3) is 0 Å². The van der Waals surface area contributed by atoms with E-state index < -0.39 is 10.0 Å². The van der Waals surface area contributed by atoms with Gasteiger partial charge in [0.2, 0.25) is 0 Å². The van der Waals surface area contributed by atoms with E-state index in [1.165, 1.54) is 16.8 Å². The molecule has 2 rings (SSSR count). The molecule has 0 aliphatic carbocycles. The van der Waals surface area contributed by atoms with Gasteiger partial charge in [-0.25, -0.2) is 13.4 Å². The van der Waals surface area contributed by atoms with Crippen molar-refractivity contribution < 1.29 is 8.42 Å². The van der Waals surface area contributed by atoms with Crippen LogP contribution in [0.15, 0.2) is 41.9 Å². The highest BCUT2D eigenvalue weighted by atomic mass is 32.2. The Morgan fingerprint density at radius 3 is 2.83 bits per heavy atom. The molecule has 1 N–H and O–H groups in total. The smallest absolute Gasteiger partial charge is 0.259 e. The van der Waals surface area contributed by atoms with E-state index in [9.17, 15) is 8.42 Å². The summed E-state index contributed by atoms with van der Waals surface area (Å²) in [5.74, 6) is 0. The van der Waals surface area contributed by atoms with Crippen LogP contribution in [0.1, 0.15) is 5.69 Å². The number of hydrogen-bond acceptors (Lipinski definition) is 4. The summed E-state index contributed by atoms with van der Waals surface area (Å²) < 4.78 is 25.4. The summed E-state index contributed by atoms with van der Waals surface area (Å²) in [5.41, 5.74) is 0.865. The number of likely N-dealkylation sites (N-methyl/N-ethyl adjacent to an activating group) is 1. The highest BCUT2D eigenvalue weighted by Crippen LogP contribution is 2.10. The van der Waals surface area contributed by atoms with Crippen LogP contribution in [0.4, 0.5) is 0 Å². The van der Waals surface area contributed by atoms with E-state index >= 15 is 0 Å². The Balaban J connectivity index is 2.03. The van der Waals surface area contributed by atoms with Crippen molar-refractivity contribution in [2.75, 3.05) is 13.6 Å². The number of imidazole rings is 1. The second-order valence-corrected chi connectivity index (χ2v) is 5.83. The van der Waals surface area contributed by atoms with Gasteiger partial charge in [0.1, 0.15) is 0 Å². The van der Waals surface area contributed by atoms with Crippen molar-refractivity contribution >= 4 is 10.0 Å². The fraction of sp³-hybridized carbons (Fsp3) is 0.273. The molecule has 0 saturated heterocycles. The molecular formula is C11H14N4O2S. The molecule has 2 aromatic rings. The highest BCUT2D eigenvalue weighted by Gasteiger charge is 2.21. The van der Waals surface area contributed by atoms with Gasteiger partial charge < -0.3 is 4.98 Å². The van der Waals surface area contributed by atoms with Gasteiger partial charge in [0.25, 0.3) is 10.0 Å². The maximum Gasteiger partial charge on any atom is 0.259 e. The van der Waals surface area contributed by atoms with Gasteiger partial charge in [0.15, 0.2) is 5.03 Å².